The SMILES string of the molecule is O=[N+]([O-])c1ccc(Cc2nc3cc(Cl)ccc3s2)c(Cl)c1. The first-order valence-electron chi connectivity index (χ1n) is 6.01. The average molecular weight is 339 g/mol. The molecule has 1 aromatic heterocycles. The van der Waals surface area contributed by atoms with E-state index in [1.165, 1.54) is 12.1 Å². The number of fused-ring (bicyclic) bond motifs is 1. The Hall–Kier alpha value is -1.69. The predicted octanol–water partition coefficient (Wildman–Crippen LogP) is 5.10. The quantitative estimate of drug-likeness (QED) is 0.493. The van der Waals surface area contributed by atoms with Gasteiger partial charge in [0.25, 0.3) is 5.69 Å². The molecule has 0 N–H and O–H groups in total. The van der Waals surface area contributed by atoms with Crippen LogP contribution in [-0.2, 0) is 6.42 Å². The third-order valence-corrected chi connectivity index (χ3v) is 4.61. The molecule has 21 heavy (non-hydrogen) atoms. The number of benzene rings is 2. The molecule has 0 bridgehead atoms. The zero-order valence-corrected chi connectivity index (χ0v) is 12.9. The van der Waals surface area contributed by atoms with Gasteiger partial charge in [0, 0.05) is 23.6 Å². The van der Waals surface area contributed by atoms with Crippen molar-refractivity contribution >= 4 is 50.4 Å². The normalized spacial score (nSPS) is 11.0. The van der Waals surface area contributed by atoms with Gasteiger partial charge in [-0.1, -0.05) is 29.3 Å². The third kappa shape index (κ3) is 3.00. The lowest BCUT2D eigenvalue weighted by Crippen LogP contribution is -1.92. The molecule has 0 atom stereocenters. The fraction of sp³-hybridized carbons (Fsp3) is 0.0714. The van der Waals surface area contributed by atoms with Crippen molar-refractivity contribution in [2.45, 2.75) is 6.42 Å². The summed E-state index contributed by atoms with van der Waals surface area (Å²) in [6.45, 7) is 0. The van der Waals surface area contributed by atoms with Gasteiger partial charge in [0.15, 0.2) is 0 Å². The van der Waals surface area contributed by atoms with Crippen LogP contribution in [0.25, 0.3) is 10.2 Å². The van der Waals surface area contributed by atoms with Gasteiger partial charge in [-0.2, -0.15) is 0 Å². The summed E-state index contributed by atoms with van der Waals surface area (Å²) >= 11 is 13.6. The Labute approximate surface area is 134 Å². The molecule has 0 saturated carbocycles. The minimum absolute atomic E-state index is 0.0140. The monoisotopic (exact) mass is 338 g/mol. The molecule has 0 unspecified atom stereocenters. The van der Waals surface area contributed by atoms with E-state index in [2.05, 4.69) is 4.98 Å². The average Bonchev–Trinajstić information content (AvgIpc) is 2.82. The van der Waals surface area contributed by atoms with Crippen LogP contribution in [0.1, 0.15) is 10.6 Å². The lowest BCUT2D eigenvalue weighted by molar-refractivity contribution is -0.384. The Bertz CT molecular complexity index is 848. The van der Waals surface area contributed by atoms with Crippen molar-refractivity contribution in [2.24, 2.45) is 0 Å². The molecule has 2 aromatic carbocycles. The van der Waals surface area contributed by atoms with E-state index >= 15 is 0 Å². The van der Waals surface area contributed by atoms with Crippen molar-refractivity contribution in [1.29, 1.82) is 0 Å². The number of nitrogens with zero attached hydrogens (tertiary/aromatic N) is 2. The largest absolute Gasteiger partial charge is 0.270 e. The summed E-state index contributed by atoms with van der Waals surface area (Å²) in [4.78, 5) is 14.7. The van der Waals surface area contributed by atoms with E-state index in [4.69, 9.17) is 23.2 Å². The van der Waals surface area contributed by atoms with Gasteiger partial charge >= 0.3 is 0 Å². The number of aromatic nitrogens is 1. The first-order chi connectivity index (χ1) is 10.0. The van der Waals surface area contributed by atoms with Gasteiger partial charge in [-0.3, -0.25) is 10.1 Å². The van der Waals surface area contributed by atoms with Crippen molar-refractivity contribution in [2.75, 3.05) is 0 Å². The number of hydrogen-bond acceptors (Lipinski definition) is 4. The highest BCUT2D eigenvalue weighted by molar-refractivity contribution is 7.18. The maximum Gasteiger partial charge on any atom is 0.270 e. The topological polar surface area (TPSA) is 56.0 Å². The Morgan fingerprint density at radius 2 is 2.00 bits per heavy atom. The van der Waals surface area contributed by atoms with Gasteiger partial charge in [-0.15, -0.1) is 11.3 Å². The van der Waals surface area contributed by atoms with E-state index in [9.17, 15) is 10.1 Å². The first kappa shape index (κ1) is 14.3. The lowest BCUT2D eigenvalue weighted by atomic mass is 10.1. The molecule has 0 amide bonds. The van der Waals surface area contributed by atoms with Crippen molar-refractivity contribution in [3.05, 3.63) is 67.1 Å². The molecule has 3 rings (SSSR count). The molecule has 0 aliphatic heterocycles. The van der Waals surface area contributed by atoms with E-state index in [1.54, 1.807) is 17.4 Å². The molecule has 0 spiro atoms. The molecule has 7 heteroatoms. The lowest BCUT2D eigenvalue weighted by Gasteiger charge is -2.01. The van der Waals surface area contributed by atoms with E-state index in [-0.39, 0.29) is 5.69 Å². The van der Waals surface area contributed by atoms with E-state index in [1.807, 2.05) is 18.2 Å². The van der Waals surface area contributed by atoms with Crippen LogP contribution in [0.2, 0.25) is 10.0 Å². The molecule has 4 nitrogen and oxygen atoms in total. The fourth-order valence-electron chi connectivity index (χ4n) is 1.98. The highest BCUT2D eigenvalue weighted by atomic mass is 35.5. The van der Waals surface area contributed by atoms with Crippen LogP contribution in [-0.4, -0.2) is 9.91 Å². The number of thiazole rings is 1. The number of halogens is 2. The van der Waals surface area contributed by atoms with Gasteiger partial charge in [0.05, 0.1) is 25.2 Å². The smallest absolute Gasteiger partial charge is 0.258 e. The number of nitro benzene ring substituents is 1. The summed E-state index contributed by atoms with van der Waals surface area (Å²) < 4.78 is 1.05. The zero-order chi connectivity index (χ0) is 15.0. The number of hydrogen-bond donors (Lipinski definition) is 0. The Kier molecular flexibility index (Phi) is 3.80. The highest BCUT2D eigenvalue weighted by Gasteiger charge is 2.12. The fourth-order valence-corrected chi connectivity index (χ4v) is 3.36. The second-order valence-corrected chi connectivity index (χ2v) is 6.39. The molecule has 0 aliphatic carbocycles. The van der Waals surface area contributed by atoms with E-state index < -0.39 is 4.92 Å². The maximum absolute atomic E-state index is 10.7. The third-order valence-electron chi connectivity index (χ3n) is 2.98. The minimum atomic E-state index is -0.463. The molecular weight excluding hydrogens is 331 g/mol. The van der Waals surface area contributed by atoms with E-state index in [0.29, 0.717) is 16.5 Å². The summed E-state index contributed by atoms with van der Waals surface area (Å²) in [7, 11) is 0. The van der Waals surface area contributed by atoms with Crippen LogP contribution in [0.4, 0.5) is 5.69 Å². The molecule has 0 saturated heterocycles. The molecular formula is C14H8Cl2N2O2S. The molecule has 1 heterocycles. The number of non-ortho nitro benzene ring substituents is 1. The Balaban J connectivity index is 1.93. The maximum atomic E-state index is 10.7. The van der Waals surface area contributed by atoms with Gasteiger partial charge in [-0.25, -0.2) is 4.98 Å². The van der Waals surface area contributed by atoms with E-state index in [0.717, 1.165) is 20.8 Å². The number of rotatable bonds is 3. The molecule has 0 fully saturated rings. The first-order valence-corrected chi connectivity index (χ1v) is 7.58. The van der Waals surface area contributed by atoms with Crippen molar-refractivity contribution in [3.63, 3.8) is 0 Å². The van der Waals surface area contributed by atoms with Crippen molar-refractivity contribution in [3.8, 4) is 0 Å². The summed E-state index contributed by atoms with van der Waals surface area (Å²) in [5.41, 5.74) is 1.65. The molecule has 0 aliphatic rings. The second-order valence-electron chi connectivity index (χ2n) is 4.43. The van der Waals surface area contributed by atoms with Crippen LogP contribution >= 0.6 is 34.5 Å². The van der Waals surface area contributed by atoms with Gasteiger partial charge < -0.3 is 0 Å². The Morgan fingerprint density at radius 3 is 2.71 bits per heavy atom. The van der Waals surface area contributed by atoms with Gasteiger partial charge in [0.2, 0.25) is 0 Å². The van der Waals surface area contributed by atoms with Gasteiger partial charge in [-0.05, 0) is 23.8 Å². The summed E-state index contributed by atoms with van der Waals surface area (Å²) in [6.07, 6.45) is 0.536. The highest BCUT2D eigenvalue weighted by Crippen LogP contribution is 2.29. The summed E-state index contributed by atoms with van der Waals surface area (Å²) in [5.74, 6) is 0. The van der Waals surface area contributed by atoms with Gasteiger partial charge in [0.1, 0.15) is 0 Å². The standard InChI is InChI=1S/C14H8Cl2N2O2S/c15-9-2-4-13-12(6-9)17-14(21-13)5-8-1-3-10(18(19)20)7-11(8)16/h1-4,6-7H,5H2. The van der Waals surface area contributed by atoms with Crippen LogP contribution in [0, 0.1) is 10.1 Å². The molecule has 106 valence electrons. The summed E-state index contributed by atoms with van der Waals surface area (Å²) in [6, 6.07) is 10.0. The molecule has 3 aromatic rings. The van der Waals surface area contributed by atoms with Crippen LogP contribution < -0.4 is 0 Å². The van der Waals surface area contributed by atoms with Crippen molar-refractivity contribution in [1.82, 2.24) is 4.98 Å². The van der Waals surface area contributed by atoms with Crippen LogP contribution in [0.15, 0.2) is 36.4 Å². The number of nitro groups is 1. The second kappa shape index (κ2) is 5.60. The minimum Gasteiger partial charge on any atom is -0.258 e. The van der Waals surface area contributed by atoms with Crippen LogP contribution in [0.3, 0.4) is 0 Å². The predicted molar refractivity (Wildman–Crippen MR) is 85.5 cm³/mol. The van der Waals surface area contributed by atoms with Crippen LogP contribution in [0.5, 0.6) is 0 Å². The Morgan fingerprint density at radius 1 is 1.19 bits per heavy atom. The van der Waals surface area contributed by atoms with Crippen molar-refractivity contribution < 1.29 is 4.92 Å². The molecule has 0 radical (unpaired) electrons. The zero-order valence-electron chi connectivity index (χ0n) is 10.5. The summed E-state index contributed by atoms with van der Waals surface area (Å²) in [5, 5.41) is 12.6.